The van der Waals surface area contributed by atoms with Crippen molar-refractivity contribution in [2.75, 3.05) is 6.54 Å². The summed E-state index contributed by atoms with van der Waals surface area (Å²) in [4.78, 5) is 4.13. The van der Waals surface area contributed by atoms with Gasteiger partial charge in [-0.3, -0.25) is 9.67 Å². The summed E-state index contributed by atoms with van der Waals surface area (Å²) in [6.45, 7) is 7.90. The van der Waals surface area contributed by atoms with E-state index < -0.39 is 0 Å². The minimum absolute atomic E-state index is 0.330. The molecule has 0 spiro atoms. The molecular formula is C14H20N4O. The number of hydrogen-bond donors (Lipinski definition) is 1. The van der Waals surface area contributed by atoms with E-state index in [9.17, 15) is 0 Å². The zero-order valence-electron chi connectivity index (χ0n) is 11.6. The molecule has 0 amide bonds. The van der Waals surface area contributed by atoms with Crippen LogP contribution < -0.4 is 10.1 Å². The number of nitrogens with one attached hydrogen (secondary N) is 1. The molecule has 0 aliphatic rings. The first-order valence-electron chi connectivity index (χ1n) is 6.56. The van der Waals surface area contributed by atoms with E-state index in [0.717, 1.165) is 30.2 Å². The molecule has 0 atom stereocenters. The van der Waals surface area contributed by atoms with Gasteiger partial charge in [0.1, 0.15) is 5.75 Å². The Labute approximate surface area is 113 Å². The van der Waals surface area contributed by atoms with E-state index in [2.05, 4.69) is 36.2 Å². The zero-order chi connectivity index (χ0) is 13.7. The number of nitrogens with zero attached hydrogens (tertiary/aromatic N) is 3. The van der Waals surface area contributed by atoms with Gasteiger partial charge in [0.05, 0.1) is 12.4 Å². The van der Waals surface area contributed by atoms with Crippen molar-refractivity contribution in [3.8, 4) is 11.5 Å². The zero-order valence-corrected chi connectivity index (χ0v) is 11.6. The van der Waals surface area contributed by atoms with Crippen LogP contribution in [0, 0.1) is 0 Å². The monoisotopic (exact) mass is 260 g/mol. The Bertz CT molecular complexity index is 522. The lowest BCUT2D eigenvalue weighted by molar-refractivity contribution is 0.468. The molecule has 0 bridgehead atoms. The number of aromatic nitrogens is 3. The fourth-order valence-corrected chi connectivity index (χ4v) is 1.69. The first kappa shape index (κ1) is 13.5. The number of pyridine rings is 1. The normalized spacial score (nSPS) is 10.9. The third-order valence-electron chi connectivity index (χ3n) is 2.76. The van der Waals surface area contributed by atoms with Crippen molar-refractivity contribution < 1.29 is 4.74 Å². The molecule has 0 saturated carbocycles. The first-order chi connectivity index (χ1) is 9.20. The fraction of sp³-hybridized carbons (Fsp3) is 0.429. The summed E-state index contributed by atoms with van der Waals surface area (Å²) in [6, 6.07) is 2.20. The predicted molar refractivity (Wildman–Crippen MR) is 74.3 cm³/mol. The molecule has 2 aromatic heterocycles. The van der Waals surface area contributed by atoms with E-state index in [0.29, 0.717) is 6.04 Å². The van der Waals surface area contributed by atoms with Gasteiger partial charge in [0.2, 0.25) is 0 Å². The second-order valence-corrected chi connectivity index (χ2v) is 4.62. The Balaban J connectivity index is 2.13. The highest BCUT2D eigenvalue weighted by atomic mass is 16.5. The lowest BCUT2D eigenvalue weighted by atomic mass is 10.2. The van der Waals surface area contributed by atoms with Crippen molar-refractivity contribution in [2.45, 2.75) is 33.4 Å². The van der Waals surface area contributed by atoms with Crippen LogP contribution in [0.1, 0.15) is 32.4 Å². The van der Waals surface area contributed by atoms with Gasteiger partial charge in [0.25, 0.3) is 0 Å². The van der Waals surface area contributed by atoms with Gasteiger partial charge in [0.15, 0.2) is 5.75 Å². The van der Waals surface area contributed by atoms with E-state index >= 15 is 0 Å². The van der Waals surface area contributed by atoms with Gasteiger partial charge in [-0.25, -0.2) is 0 Å². The minimum atomic E-state index is 0.330. The van der Waals surface area contributed by atoms with Crippen LogP contribution in [-0.4, -0.2) is 21.3 Å². The van der Waals surface area contributed by atoms with Gasteiger partial charge in [-0.05, 0) is 26.5 Å². The van der Waals surface area contributed by atoms with Crippen molar-refractivity contribution in [1.29, 1.82) is 0 Å². The van der Waals surface area contributed by atoms with Crippen molar-refractivity contribution in [3.05, 3.63) is 36.4 Å². The van der Waals surface area contributed by atoms with E-state index in [1.165, 1.54) is 0 Å². The van der Waals surface area contributed by atoms with Crippen LogP contribution in [-0.2, 0) is 6.54 Å². The summed E-state index contributed by atoms with van der Waals surface area (Å²) in [5.74, 6) is 1.57. The Kier molecular flexibility index (Phi) is 4.52. The molecule has 0 radical (unpaired) electrons. The Morgan fingerprint density at radius 2 is 2.21 bits per heavy atom. The molecule has 0 aliphatic carbocycles. The summed E-state index contributed by atoms with van der Waals surface area (Å²) in [5.41, 5.74) is 1.04. The maximum absolute atomic E-state index is 5.87. The summed E-state index contributed by atoms with van der Waals surface area (Å²) in [7, 11) is 0. The quantitative estimate of drug-likeness (QED) is 0.867. The molecule has 5 heteroatoms. The van der Waals surface area contributed by atoms with Crippen LogP contribution in [0.15, 0.2) is 30.9 Å². The molecule has 102 valence electrons. The Hall–Kier alpha value is -1.88. The molecule has 2 aromatic rings. The van der Waals surface area contributed by atoms with Gasteiger partial charge in [0, 0.05) is 30.5 Å². The fourth-order valence-electron chi connectivity index (χ4n) is 1.69. The molecule has 0 fully saturated rings. The maximum Gasteiger partial charge on any atom is 0.165 e. The second kappa shape index (κ2) is 6.33. The van der Waals surface area contributed by atoms with Gasteiger partial charge in [-0.2, -0.15) is 5.10 Å². The van der Waals surface area contributed by atoms with Crippen LogP contribution in [0.5, 0.6) is 11.5 Å². The summed E-state index contributed by atoms with van der Waals surface area (Å²) in [6.07, 6.45) is 7.20. The van der Waals surface area contributed by atoms with Crippen LogP contribution in [0.3, 0.4) is 0 Å². The molecule has 2 heterocycles. The SMILES string of the molecule is CCNCc1cnccc1Oc1cnn(C(C)C)c1. The van der Waals surface area contributed by atoms with Crippen LogP contribution in [0.2, 0.25) is 0 Å². The van der Waals surface area contributed by atoms with Gasteiger partial charge < -0.3 is 10.1 Å². The third-order valence-corrected chi connectivity index (χ3v) is 2.76. The maximum atomic E-state index is 5.87. The van der Waals surface area contributed by atoms with E-state index in [-0.39, 0.29) is 0 Å². The lowest BCUT2D eigenvalue weighted by Gasteiger charge is -2.09. The predicted octanol–water partition coefficient (Wildman–Crippen LogP) is 2.76. The molecule has 5 nitrogen and oxygen atoms in total. The molecule has 2 rings (SSSR count). The van der Waals surface area contributed by atoms with Gasteiger partial charge in [-0.15, -0.1) is 0 Å². The van der Waals surface area contributed by atoms with Gasteiger partial charge >= 0.3 is 0 Å². The summed E-state index contributed by atoms with van der Waals surface area (Å²) < 4.78 is 7.75. The van der Waals surface area contributed by atoms with Gasteiger partial charge in [-0.1, -0.05) is 6.92 Å². The smallest absolute Gasteiger partial charge is 0.165 e. The minimum Gasteiger partial charge on any atom is -0.454 e. The van der Waals surface area contributed by atoms with E-state index in [4.69, 9.17) is 4.74 Å². The Morgan fingerprint density at radius 3 is 2.89 bits per heavy atom. The standard InChI is InChI=1S/C14H20N4O/c1-4-15-7-12-8-16-6-5-14(12)19-13-9-17-18(10-13)11(2)3/h5-6,8-11,15H,4,7H2,1-3H3. The van der Waals surface area contributed by atoms with E-state index in [1.54, 1.807) is 12.4 Å². The molecule has 19 heavy (non-hydrogen) atoms. The van der Waals surface area contributed by atoms with Crippen molar-refractivity contribution in [3.63, 3.8) is 0 Å². The first-order valence-corrected chi connectivity index (χ1v) is 6.56. The van der Waals surface area contributed by atoms with E-state index in [1.807, 2.05) is 23.1 Å². The molecule has 0 aliphatic heterocycles. The highest BCUT2D eigenvalue weighted by Gasteiger charge is 2.07. The van der Waals surface area contributed by atoms with Crippen LogP contribution in [0.4, 0.5) is 0 Å². The number of rotatable bonds is 6. The van der Waals surface area contributed by atoms with Crippen molar-refractivity contribution >= 4 is 0 Å². The second-order valence-electron chi connectivity index (χ2n) is 4.62. The average Bonchev–Trinajstić information content (AvgIpc) is 2.86. The number of ether oxygens (including phenoxy) is 1. The highest BCUT2D eigenvalue weighted by Crippen LogP contribution is 2.24. The lowest BCUT2D eigenvalue weighted by Crippen LogP contribution is -2.12. The Morgan fingerprint density at radius 1 is 1.37 bits per heavy atom. The average molecular weight is 260 g/mol. The summed E-state index contributed by atoms with van der Waals surface area (Å²) >= 11 is 0. The highest BCUT2D eigenvalue weighted by molar-refractivity contribution is 5.34. The topological polar surface area (TPSA) is 52.0 Å². The molecule has 0 aromatic carbocycles. The molecule has 0 unspecified atom stereocenters. The van der Waals surface area contributed by atoms with Crippen molar-refractivity contribution in [2.24, 2.45) is 0 Å². The molecule has 0 saturated heterocycles. The van der Waals surface area contributed by atoms with Crippen LogP contribution in [0.25, 0.3) is 0 Å². The van der Waals surface area contributed by atoms with Crippen molar-refractivity contribution in [1.82, 2.24) is 20.1 Å². The summed E-state index contributed by atoms with van der Waals surface area (Å²) in [5, 5.41) is 7.54. The molecular weight excluding hydrogens is 240 g/mol. The number of hydrogen-bond acceptors (Lipinski definition) is 4. The van der Waals surface area contributed by atoms with Crippen LogP contribution >= 0.6 is 0 Å². The largest absolute Gasteiger partial charge is 0.454 e. The molecule has 1 N–H and O–H groups in total. The third kappa shape index (κ3) is 3.54.